The zero-order chi connectivity index (χ0) is 16.2. The maximum atomic E-state index is 12.4. The number of amides is 2. The largest absolute Gasteiger partial charge is 0.401 e. The third-order valence-corrected chi connectivity index (χ3v) is 5.51. The Morgan fingerprint density at radius 3 is 2.64 bits per heavy atom. The summed E-state index contributed by atoms with van der Waals surface area (Å²) in [5, 5.41) is 3.52. The average Bonchev–Trinajstić information content (AvgIpc) is 2.74. The lowest BCUT2D eigenvalue weighted by Gasteiger charge is -2.26. The first-order valence-corrected chi connectivity index (χ1v) is 9.05. The van der Waals surface area contributed by atoms with Gasteiger partial charge in [-0.2, -0.15) is 24.9 Å². The molecule has 0 aromatic rings. The predicted octanol–water partition coefficient (Wildman–Crippen LogP) is 2.55. The Bertz CT molecular complexity index is 381. The number of rotatable bonds is 3. The van der Waals surface area contributed by atoms with Gasteiger partial charge in [0.15, 0.2) is 0 Å². The summed E-state index contributed by atoms with van der Waals surface area (Å²) in [6, 6.07) is 0.0665. The van der Waals surface area contributed by atoms with Crippen LogP contribution in [0.3, 0.4) is 0 Å². The molecule has 2 aliphatic rings. The van der Waals surface area contributed by atoms with Crippen molar-refractivity contribution in [3.8, 4) is 0 Å². The smallest absolute Gasteiger partial charge is 0.334 e. The van der Waals surface area contributed by atoms with E-state index < -0.39 is 12.7 Å². The first-order valence-electron chi connectivity index (χ1n) is 7.76. The number of nitrogens with zero attached hydrogens (tertiary/aromatic N) is 2. The Kier molecular flexibility index (Phi) is 6.26. The van der Waals surface area contributed by atoms with E-state index in [-0.39, 0.29) is 18.6 Å². The van der Waals surface area contributed by atoms with E-state index in [9.17, 15) is 18.0 Å². The van der Waals surface area contributed by atoms with E-state index in [0.717, 1.165) is 19.3 Å². The molecule has 22 heavy (non-hydrogen) atoms. The van der Waals surface area contributed by atoms with Crippen LogP contribution >= 0.6 is 11.8 Å². The standard InChI is InChI=1S/C14H24F3N3OS/c1-22-12-5-2-4-11(12)18-13(21)20-7-3-6-19(8-9-20)10-14(15,16)17/h11-12H,2-10H2,1H3,(H,18,21)/t11-,12-/m0/s1. The molecule has 1 saturated heterocycles. The van der Waals surface area contributed by atoms with E-state index >= 15 is 0 Å². The van der Waals surface area contributed by atoms with E-state index in [1.54, 1.807) is 16.7 Å². The molecular formula is C14H24F3N3OS. The molecule has 0 unspecified atom stereocenters. The van der Waals surface area contributed by atoms with Crippen molar-refractivity contribution in [2.24, 2.45) is 0 Å². The number of hydrogen-bond acceptors (Lipinski definition) is 3. The van der Waals surface area contributed by atoms with Crippen molar-refractivity contribution in [2.75, 3.05) is 39.0 Å². The highest BCUT2D eigenvalue weighted by Gasteiger charge is 2.33. The molecule has 128 valence electrons. The predicted molar refractivity (Wildman–Crippen MR) is 82.2 cm³/mol. The molecule has 0 radical (unpaired) electrons. The number of nitrogens with one attached hydrogen (secondary N) is 1. The van der Waals surface area contributed by atoms with E-state index in [4.69, 9.17) is 0 Å². The fraction of sp³-hybridized carbons (Fsp3) is 0.929. The first-order chi connectivity index (χ1) is 10.4. The van der Waals surface area contributed by atoms with Gasteiger partial charge in [0.2, 0.25) is 0 Å². The number of urea groups is 1. The third kappa shape index (κ3) is 5.22. The second-order valence-corrected chi connectivity index (χ2v) is 7.07. The molecule has 0 bridgehead atoms. The van der Waals surface area contributed by atoms with Gasteiger partial charge in [-0.1, -0.05) is 6.42 Å². The molecule has 1 saturated carbocycles. The topological polar surface area (TPSA) is 35.6 Å². The molecule has 0 spiro atoms. The SMILES string of the molecule is CS[C@H]1CCC[C@@H]1NC(=O)N1CCCN(CC(F)(F)F)CC1. The highest BCUT2D eigenvalue weighted by Crippen LogP contribution is 2.28. The quantitative estimate of drug-likeness (QED) is 0.858. The fourth-order valence-corrected chi connectivity index (χ4v) is 4.14. The summed E-state index contributed by atoms with van der Waals surface area (Å²) in [7, 11) is 0. The Balaban J connectivity index is 1.81. The van der Waals surface area contributed by atoms with Crippen molar-refractivity contribution >= 4 is 17.8 Å². The van der Waals surface area contributed by atoms with Crippen LogP contribution in [-0.2, 0) is 0 Å². The lowest BCUT2D eigenvalue weighted by molar-refractivity contribution is -0.145. The van der Waals surface area contributed by atoms with E-state index in [1.165, 1.54) is 4.90 Å². The molecule has 2 atom stereocenters. The minimum Gasteiger partial charge on any atom is -0.334 e. The number of carbonyl (C=O) groups is 1. The van der Waals surface area contributed by atoms with Gasteiger partial charge in [0.1, 0.15) is 0 Å². The lowest BCUT2D eigenvalue weighted by atomic mass is 10.2. The number of alkyl halides is 3. The number of thioether (sulfide) groups is 1. The third-order valence-electron chi connectivity index (χ3n) is 4.34. The van der Waals surface area contributed by atoms with Crippen LogP contribution in [0.15, 0.2) is 0 Å². The van der Waals surface area contributed by atoms with Crippen LogP contribution in [0.4, 0.5) is 18.0 Å². The van der Waals surface area contributed by atoms with Crippen LogP contribution in [0, 0.1) is 0 Å². The van der Waals surface area contributed by atoms with Crippen LogP contribution in [-0.4, -0.2) is 72.3 Å². The van der Waals surface area contributed by atoms with Gasteiger partial charge in [-0.25, -0.2) is 4.79 Å². The van der Waals surface area contributed by atoms with Crippen molar-refractivity contribution in [1.29, 1.82) is 0 Å². The molecular weight excluding hydrogens is 315 g/mol. The summed E-state index contributed by atoms with van der Waals surface area (Å²) < 4.78 is 37.3. The molecule has 8 heteroatoms. The minimum atomic E-state index is -4.17. The average molecular weight is 339 g/mol. The van der Waals surface area contributed by atoms with Crippen molar-refractivity contribution < 1.29 is 18.0 Å². The molecule has 1 aliphatic heterocycles. The molecule has 4 nitrogen and oxygen atoms in total. The summed E-state index contributed by atoms with van der Waals surface area (Å²) in [5.41, 5.74) is 0. The van der Waals surface area contributed by atoms with Gasteiger partial charge in [-0.3, -0.25) is 4.90 Å². The molecule has 2 rings (SSSR count). The van der Waals surface area contributed by atoms with Crippen LogP contribution in [0.5, 0.6) is 0 Å². The maximum absolute atomic E-state index is 12.4. The van der Waals surface area contributed by atoms with Crippen molar-refractivity contribution in [3.63, 3.8) is 0 Å². The highest BCUT2D eigenvalue weighted by molar-refractivity contribution is 7.99. The molecule has 0 aromatic heterocycles. The zero-order valence-electron chi connectivity index (χ0n) is 12.9. The Morgan fingerprint density at radius 2 is 1.95 bits per heavy atom. The molecule has 1 aliphatic carbocycles. The van der Waals surface area contributed by atoms with E-state index in [1.807, 2.05) is 0 Å². The van der Waals surface area contributed by atoms with Crippen LogP contribution in [0.25, 0.3) is 0 Å². The minimum absolute atomic E-state index is 0.125. The molecule has 2 fully saturated rings. The fourth-order valence-electron chi connectivity index (χ4n) is 3.21. The Hall–Kier alpha value is -0.630. The Labute approximate surface area is 133 Å². The summed E-state index contributed by atoms with van der Waals surface area (Å²) >= 11 is 1.77. The summed E-state index contributed by atoms with van der Waals surface area (Å²) in [6.07, 6.45) is 1.69. The van der Waals surface area contributed by atoms with Gasteiger partial charge in [0.05, 0.1) is 6.54 Å². The highest BCUT2D eigenvalue weighted by atomic mass is 32.2. The van der Waals surface area contributed by atoms with Crippen LogP contribution in [0.1, 0.15) is 25.7 Å². The summed E-state index contributed by atoms with van der Waals surface area (Å²) in [6.45, 7) is 0.665. The molecule has 1 N–H and O–H groups in total. The first kappa shape index (κ1) is 17.7. The number of halogens is 3. The zero-order valence-corrected chi connectivity index (χ0v) is 13.7. The van der Waals surface area contributed by atoms with Crippen molar-refractivity contribution in [2.45, 2.75) is 43.2 Å². The maximum Gasteiger partial charge on any atom is 0.401 e. The second kappa shape index (κ2) is 7.77. The number of hydrogen-bond donors (Lipinski definition) is 1. The van der Waals surface area contributed by atoms with Gasteiger partial charge in [-0.15, -0.1) is 0 Å². The monoisotopic (exact) mass is 339 g/mol. The molecule has 1 heterocycles. The summed E-state index contributed by atoms with van der Waals surface area (Å²) in [4.78, 5) is 15.4. The van der Waals surface area contributed by atoms with Gasteiger partial charge < -0.3 is 10.2 Å². The molecule has 0 aromatic carbocycles. The van der Waals surface area contributed by atoms with E-state index in [0.29, 0.717) is 31.3 Å². The second-order valence-electron chi connectivity index (χ2n) is 5.99. The van der Waals surface area contributed by atoms with Gasteiger partial charge in [0.25, 0.3) is 0 Å². The van der Waals surface area contributed by atoms with Crippen LogP contribution < -0.4 is 5.32 Å². The summed E-state index contributed by atoms with van der Waals surface area (Å²) in [5.74, 6) is 0. The van der Waals surface area contributed by atoms with Crippen LogP contribution in [0.2, 0.25) is 0 Å². The molecule has 2 amide bonds. The Morgan fingerprint density at radius 1 is 1.18 bits per heavy atom. The lowest BCUT2D eigenvalue weighted by Crippen LogP contribution is -2.48. The van der Waals surface area contributed by atoms with Gasteiger partial charge in [0, 0.05) is 37.5 Å². The van der Waals surface area contributed by atoms with Crippen molar-refractivity contribution in [1.82, 2.24) is 15.1 Å². The number of carbonyl (C=O) groups excluding carboxylic acids is 1. The van der Waals surface area contributed by atoms with E-state index in [2.05, 4.69) is 11.6 Å². The van der Waals surface area contributed by atoms with Gasteiger partial charge >= 0.3 is 12.2 Å². The van der Waals surface area contributed by atoms with Gasteiger partial charge in [-0.05, 0) is 25.5 Å². The normalized spacial score (nSPS) is 27.7. The van der Waals surface area contributed by atoms with Crippen molar-refractivity contribution in [3.05, 3.63) is 0 Å².